The Morgan fingerprint density at radius 1 is 1.16 bits per heavy atom. The van der Waals surface area contributed by atoms with Gasteiger partial charge in [-0.05, 0) is 49.6 Å². The van der Waals surface area contributed by atoms with E-state index in [1.54, 1.807) is 0 Å². The molecular weight excluding hydrogens is 314 g/mol. The minimum Gasteiger partial charge on any atom is -0.396 e. The molecule has 1 atom stereocenters. The fourth-order valence-corrected chi connectivity index (χ4v) is 2.98. The average Bonchev–Trinajstić information content (AvgIpc) is 2.98. The molecule has 0 radical (unpaired) electrons. The lowest BCUT2D eigenvalue weighted by atomic mass is 10.0. The van der Waals surface area contributed by atoms with E-state index in [2.05, 4.69) is 15.6 Å². The predicted octanol–water partition coefficient (Wildman–Crippen LogP) is 4.11. The maximum Gasteiger partial charge on any atom is 0.319 e. The van der Waals surface area contributed by atoms with E-state index in [4.69, 9.17) is 5.11 Å². The summed E-state index contributed by atoms with van der Waals surface area (Å²) in [4.78, 5) is 15.7. The van der Waals surface area contributed by atoms with Crippen LogP contribution >= 0.6 is 0 Å². The number of aliphatic hydroxyl groups excluding tert-OH is 1. The Morgan fingerprint density at radius 3 is 2.72 bits per heavy atom. The number of rotatable bonds is 6. The van der Waals surface area contributed by atoms with Crippen LogP contribution < -0.4 is 10.6 Å². The van der Waals surface area contributed by atoms with Gasteiger partial charge in [-0.3, -0.25) is 0 Å². The smallest absolute Gasteiger partial charge is 0.319 e. The number of aliphatic hydroxyl groups is 1. The van der Waals surface area contributed by atoms with Gasteiger partial charge in [0.05, 0.1) is 6.04 Å². The van der Waals surface area contributed by atoms with Gasteiger partial charge in [-0.25, -0.2) is 4.79 Å². The molecule has 0 fully saturated rings. The van der Waals surface area contributed by atoms with Crippen molar-refractivity contribution in [3.05, 3.63) is 65.9 Å². The second-order valence-corrected chi connectivity index (χ2v) is 6.18. The number of urea groups is 1. The molecule has 2 amide bonds. The number of hydrogen-bond acceptors (Lipinski definition) is 2. The van der Waals surface area contributed by atoms with Crippen LogP contribution in [0.3, 0.4) is 0 Å². The maximum atomic E-state index is 12.4. The second kappa shape index (κ2) is 7.85. The first-order valence-electron chi connectivity index (χ1n) is 8.48. The van der Waals surface area contributed by atoms with Gasteiger partial charge in [0.1, 0.15) is 0 Å². The summed E-state index contributed by atoms with van der Waals surface area (Å²) in [5, 5.41) is 16.1. The Bertz CT molecular complexity index is 843. The first-order chi connectivity index (χ1) is 12.2. The highest BCUT2D eigenvalue weighted by atomic mass is 16.3. The zero-order chi connectivity index (χ0) is 17.6. The molecule has 2 aromatic carbocycles. The molecule has 3 rings (SSSR count). The summed E-state index contributed by atoms with van der Waals surface area (Å²) < 4.78 is 0. The second-order valence-electron chi connectivity index (χ2n) is 6.18. The minimum absolute atomic E-state index is 0.107. The summed E-state index contributed by atoms with van der Waals surface area (Å²) >= 11 is 0. The van der Waals surface area contributed by atoms with E-state index in [0.717, 1.165) is 27.8 Å². The molecule has 4 N–H and O–H groups in total. The van der Waals surface area contributed by atoms with E-state index in [1.807, 2.05) is 61.5 Å². The first kappa shape index (κ1) is 17.0. The molecule has 1 heterocycles. The zero-order valence-electron chi connectivity index (χ0n) is 14.3. The molecule has 0 saturated carbocycles. The summed E-state index contributed by atoms with van der Waals surface area (Å²) in [6.45, 7) is 2.11. The van der Waals surface area contributed by atoms with Crippen LogP contribution in [0.2, 0.25) is 0 Å². The average molecular weight is 337 g/mol. The number of amides is 2. The Hall–Kier alpha value is -2.79. The largest absolute Gasteiger partial charge is 0.396 e. The van der Waals surface area contributed by atoms with Crippen molar-refractivity contribution in [2.45, 2.75) is 25.8 Å². The third-order valence-corrected chi connectivity index (χ3v) is 4.17. The number of carbonyl (C=O) groups is 1. The molecule has 0 aliphatic carbocycles. The van der Waals surface area contributed by atoms with Crippen molar-refractivity contribution in [2.75, 3.05) is 11.9 Å². The highest BCUT2D eigenvalue weighted by Gasteiger charge is 2.14. The standard InChI is InChI=1S/C20H23N3O2/c1-14-12-16-13-17(9-10-19(16)21-14)22-20(25)23-18(8-5-11-24)15-6-3-2-4-7-15/h2-4,6-7,9-10,12-13,18,21,24H,5,8,11H2,1H3,(H2,22,23,25). The van der Waals surface area contributed by atoms with Gasteiger partial charge >= 0.3 is 6.03 Å². The number of carbonyl (C=O) groups excluding carboxylic acids is 1. The molecule has 1 aromatic heterocycles. The fourth-order valence-electron chi connectivity index (χ4n) is 2.98. The summed E-state index contributed by atoms with van der Waals surface area (Å²) in [6, 6.07) is 17.3. The molecule has 3 aromatic rings. The number of anilines is 1. The zero-order valence-corrected chi connectivity index (χ0v) is 14.3. The van der Waals surface area contributed by atoms with Crippen molar-refractivity contribution in [1.82, 2.24) is 10.3 Å². The Morgan fingerprint density at radius 2 is 1.96 bits per heavy atom. The molecule has 0 bridgehead atoms. The molecular formula is C20H23N3O2. The summed E-state index contributed by atoms with van der Waals surface area (Å²) in [5.74, 6) is 0. The number of nitrogens with one attached hydrogen (secondary N) is 3. The monoisotopic (exact) mass is 337 g/mol. The number of aryl methyl sites for hydroxylation is 1. The van der Waals surface area contributed by atoms with E-state index in [9.17, 15) is 4.79 Å². The van der Waals surface area contributed by atoms with Gasteiger partial charge in [0, 0.05) is 28.9 Å². The van der Waals surface area contributed by atoms with Gasteiger partial charge in [0.2, 0.25) is 0 Å². The third kappa shape index (κ3) is 4.39. The van der Waals surface area contributed by atoms with Gasteiger partial charge in [-0.1, -0.05) is 30.3 Å². The molecule has 0 spiro atoms. The van der Waals surface area contributed by atoms with Gasteiger partial charge in [0.15, 0.2) is 0 Å². The molecule has 1 unspecified atom stereocenters. The van der Waals surface area contributed by atoms with Gasteiger partial charge in [0.25, 0.3) is 0 Å². The van der Waals surface area contributed by atoms with E-state index in [0.29, 0.717) is 12.8 Å². The predicted molar refractivity (Wildman–Crippen MR) is 101 cm³/mol. The SMILES string of the molecule is Cc1cc2cc(NC(=O)NC(CCCO)c3ccccc3)ccc2[nH]1. The van der Waals surface area contributed by atoms with Crippen LogP contribution in [-0.4, -0.2) is 22.7 Å². The third-order valence-electron chi connectivity index (χ3n) is 4.17. The molecule has 5 heteroatoms. The van der Waals surface area contributed by atoms with Gasteiger partial charge in [-0.2, -0.15) is 0 Å². The molecule has 5 nitrogen and oxygen atoms in total. The van der Waals surface area contributed by atoms with Crippen molar-refractivity contribution in [1.29, 1.82) is 0 Å². The van der Waals surface area contributed by atoms with Crippen LogP contribution in [0.5, 0.6) is 0 Å². The lowest BCUT2D eigenvalue weighted by molar-refractivity contribution is 0.244. The Labute approximate surface area is 147 Å². The summed E-state index contributed by atoms with van der Waals surface area (Å²) in [7, 11) is 0. The van der Waals surface area contributed by atoms with Crippen LogP contribution in [0.15, 0.2) is 54.6 Å². The molecule has 0 aliphatic rings. The lowest BCUT2D eigenvalue weighted by Gasteiger charge is -2.19. The first-order valence-corrected chi connectivity index (χ1v) is 8.48. The lowest BCUT2D eigenvalue weighted by Crippen LogP contribution is -2.32. The number of aromatic amines is 1. The fraction of sp³-hybridized carbons (Fsp3) is 0.250. The molecule has 130 valence electrons. The summed E-state index contributed by atoms with van der Waals surface area (Å²) in [5.41, 5.74) is 3.92. The number of H-pyrrole nitrogens is 1. The van der Waals surface area contributed by atoms with Crippen molar-refractivity contribution in [3.63, 3.8) is 0 Å². The van der Waals surface area contributed by atoms with Crippen molar-refractivity contribution in [3.8, 4) is 0 Å². The topological polar surface area (TPSA) is 77.2 Å². The minimum atomic E-state index is -0.251. The van der Waals surface area contributed by atoms with Crippen LogP contribution in [0.1, 0.15) is 30.1 Å². The van der Waals surface area contributed by atoms with Crippen LogP contribution in [-0.2, 0) is 0 Å². The number of fused-ring (bicyclic) bond motifs is 1. The van der Waals surface area contributed by atoms with Crippen LogP contribution in [0.4, 0.5) is 10.5 Å². The van der Waals surface area contributed by atoms with Crippen LogP contribution in [0.25, 0.3) is 10.9 Å². The Balaban J connectivity index is 1.69. The van der Waals surface area contributed by atoms with Crippen molar-refractivity contribution < 1.29 is 9.90 Å². The van der Waals surface area contributed by atoms with Gasteiger partial charge in [-0.15, -0.1) is 0 Å². The number of benzene rings is 2. The normalized spacial score (nSPS) is 12.1. The summed E-state index contributed by atoms with van der Waals surface area (Å²) in [6.07, 6.45) is 1.32. The highest BCUT2D eigenvalue weighted by molar-refractivity contribution is 5.93. The Kier molecular flexibility index (Phi) is 5.36. The van der Waals surface area contributed by atoms with Gasteiger partial charge < -0.3 is 20.7 Å². The maximum absolute atomic E-state index is 12.4. The number of aromatic nitrogens is 1. The number of hydrogen-bond donors (Lipinski definition) is 4. The van der Waals surface area contributed by atoms with E-state index in [1.165, 1.54) is 0 Å². The quantitative estimate of drug-likeness (QED) is 0.546. The molecule has 25 heavy (non-hydrogen) atoms. The van der Waals surface area contributed by atoms with Crippen molar-refractivity contribution in [2.24, 2.45) is 0 Å². The molecule has 0 aliphatic heterocycles. The molecule has 0 saturated heterocycles. The van der Waals surface area contributed by atoms with E-state index in [-0.39, 0.29) is 18.7 Å². The van der Waals surface area contributed by atoms with Crippen LogP contribution in [0, 0.1) is 6.92 Å². The van der Waals surface area contributed by atoms with Crippen molar-refractivity contribution >= 4 is 22.6 Å². The van der Waals surface area contributed by atoms with E-state index < -0.39 is 0 Å². The van der Waals surface area contributed by atoms with E-state index >= 15 is 0 Å². The highest BCUT2D eigenvalue weighted by Crippen LogP contribution is 2.21.